The SMILES string of the molecule is ClC1C=CNCC1. The van der Waals surface area contributed by atoms with E-state index in [9.17, 15) is 0 Å². The molecule has 0 fully saturated rings. The molecule has 1 aliphatic rings. The van der Waals surface area contributed by atoms with Gasteiger partial charge in [0.1, 0.15) is 0 Å². The average Bonchev–Trinajstić information content (AvgIpc) is 1.69. The third kappa shape index (κ3) is 1.39. The lowest BCUT2D eigenvalue weighted by Gasteiger charge is -2.08. The van der Waals surface area contributed by atoms with Crippen LogP contribution in [0.15, 0.2) is 12.3 Å². The van der Waals surface area contributed by atoms with E-state index in [4.69, 9.17) is 11.6 Å². The highest BCUT2D eigenvalue weighted by Crippen LogP contribution is 2.04. The summed E-state index contributed by atoms with van der Waals surface area (Å²) in [6, 6.07) is 0. The van der Waals surface area contributed by atoms with Crippen molar-refractivity contribution in [2.75, 3.05) is 6.54 Å². The Morgan fingerprint density at radius 1 is 1.71 bits per heavy atom. The van der Waals surface area contributed by atoms with Crippen LogP contribution in [-0.2, 0) is 0 Å². The van der Waals surface area contributed by atoms with Crippen molar-refractivity contribution >= 4 is 11.6 Å². The molecule has 0 amide bonds. The van der Waals surface area contributed by atoms with Gasteiger partial charge in [-0.3, -0.25) is 0 Å². The highest BCUT2D eigenvalue weighted by molar-refractivity contribution is 6.21. The predicted octanol–water partition coefficient (Wildman–Crippen LogP) is 1.10. The van der Waals surface area contributed by atoms with Crippen molar-refractivity contribution in [3.05, 3.63) is 12.3 Å². The monoisotopic (exact) mass is 117 g/mol. The standard InChI is InChI=1S/C5H8ClN/c6-5-1-3-7-4-2-5/h1,3,5,7H,2,4H2. The first-order valence-corrected chi connectivity index (χ1v) is 2.87. The summed E-state index contributed by atoms with van der Waals surface area (Å²) in [5, 5.41) is 3.32. The smallest absolute Gasteiger partial charge is 0.0549 e. The Hall–Kier alpha value is -0.170. The quantitative estimate of drug-likeness (QED) is 0.469. The van der Waals surface area contributed by atoms with E-state index < -0.39 is 0 Å². The van der Waals surface area contributed by atoms with Gasteiger partial charge in [0.15, 0.2) is 0 Å². The van der Waals surface area contributed by atoms with Crippen LogP contribution in [0.3, 0.4) is 0 Å². The maximum atomic E-state index is 5.69. The van der Waals surface area contributed by atoms with Gasteiger partial charge in [0.2, 0.25) is 0 Å². The molecule has 1 nitrogen and oxygen atoms in total. The second kappa shape index (κ2) is 2.22. The van der Waals surface area contributed by atoms with Gasteiger partial charge >= 0.3 is 0 Å². The summed E-state index contributed by atoms with van der Waals surface area (Å²) in [6.07, 6.45) is 4.92. The van der Waals surface area contributed by atoms with Crippen LogP contribution in [0.25, 0.3) is 0 Å². The van der Waals surface area contributed by atoms with Gasteiger partial charge in [-0.25, -0.2) is 0 Å². The van der Waals surface area contributed by atoms with E-state index in [1.54, 1.807) is 0 Å². The van der Waals surface area contributed by atoms with Gasteiger partial charge in [0.25, 0.3) is 0 Å². The number of rotatable bonds is 0. The van der Waals surface area contributed by atoms with Crippen LogP contribution in [-0.4, -0.2) is 11.9 Å². The lowest BCUT2D eigenvalue weighted by atomic mass is 10.2. The van der Waals surface area contributed by atoms with Gasteiger partial charge < -0.3 is 5.32 Å². The summed E-state index contributed by atoms with van der Waals surface area (Å²) in [5.74, 6) is 0. The summed E-state index contributed by atoms with van der Waals surface area (Å²) in [5.41, 5.74) is 0. The number of allylic oxidation sites excluding steroid dienone is 1. The number of hydrogen-bond donors (Lipinski definition) is 1. The molecule has 1 rings (SSSR count). The van der Waals surface area contributed by atoms with E-state index in [2.05, 4.69) is 5.32 Å². The summed E-state index contributed by atoms with van der Waals surface area (Å²) in [7, 11) is 0. The average molecular weight is 118 g/mol. The first kappa shape index (κ1) is 4.98. The maximum Gasteiger partial charge on any atom is 0.0549 e. The lowest BCUT2D eigenvalue weighted by molar-refractivity contribution is 0.733. The zero-order valence-electron chi connectivity index (χ0n) is 4.02. The predicted molar refractivity (Wildman–Crippen MR) is 31.4 cm³/mol. The van der Waals surface area contributed by atoms with Crippen molar-refractivity contribution in [1.29, 1.82) is 0 Å². The lowest BCUT2D eigenvalue weighted by Crippen LogP contribution is -2.16. The Kier molecular flexibility index (Phi) is 1.58. The first-order chi connectivity index (χ1) is 3.39. The molecule has 2 heteroatoms. The number of alkyl halides is 1. The second-order valence-corrected chi connectivity index (χ2v) is 2.18. The van der Waals surface area contributed by atoms with Gasteiger partial charge in [0, 0.05) is 6.54 Å². The zero-order valence-corrected chi connectivity index (χ0v) is 4.78. The van der Waals surface area contributed by atoms with Crippen LogP contribution >= 0.6 is 11.6 Å². The molecule has 1 aliphatic heterocycles. The van der Waals surface area contributed by atoms with Crippen LogP contribution in [0.2, 0.25) is 0 Å². The van der Waals surface area contributed by atoms with Crippen molar-refractivity contribution in [3.8, 4) is 0 Å². The fourth-order valence-corrected chi connectivity index (χ4v) is 0.755. The summed E-state index contributed by atoms with van der Waals surface area (Å²) < 4.78 is 0. The minimum Gasteiger partial charge on any atom is -0.391 e. The van der Waals surface area contributed by atoms with E-state index in [0.717, 1.165) is 13.0 Å². The molecule has 0 radical (unpaired) electrons. The molecule has 0 spiro atoms. The largest absolute Gasteiger partial charge is 0.391 e. The van der Waals surface area contributed by atoms with Gasteiger partial charge in [-0.05, 0) is 12.6 Å². The number of hydrogen-bond acceptors (Lipinski definition) is 1. The number of halogens is 1. The summed E-state index contributed by atoms with van der Waals surface area (Å²) in [4.78, 5) is 0. The van der Waals surface area contributed by atoms with E-state index in [1.807, 2.05) is 12.3 Å². The van der Waals surface area contributed by atoms with Crippen molar-refractivity contribution in [1.82, 2.24) is 5.32 Å². The molecule has 0 aromatic carbocycles. The third-order valence-corrected chi connectivity index (χ3v) is 1.35. The Morgan fingerprint density at radius 3 is 2.86 bits per heavy atom. The molecular formula is C5H8ClN. The van der Waals surface area contributed by atoms with Crippen molar-refractivity contribution in [2.24, 2.45) is 0 Å². The normalized spacial score (nSPS) is 29.6. The van der Waals surface area contributed by atoms with Crippen LogP contribution in [0, 0.1) is 0 Å². The molecule has 1 N–H and O–H groups in total. The third-order valence-electron chi connectivity index (χ3n) is 0.987. The van der Waals surface area contributed by atoms with E-state index in [-0.39, 0.29) is 5.38 Å². The van der Waals surface area contributed by atoms with Crippen LogP contribution in [0.4, 0.5) is 0 Å². The van der Waals surface area contributed by atoms with Gasteiger partial charge in [-0.1, -0.05) is 6.08 Å². The minimum absolute atomic E-state index is 0.265. The van der Waals surface area contributed by atoms with Crippen molar-refractivity contribution in [3.63, 3.8) is 0 Å². The molecule has 40 valence electrons. The van der Waals surface area contributed by atoms with E-state index >= 15 is 0 Å². The molecule has 0 saturated carbocycles. The Balaban J connectivity index is 2.36. The molecular weight excluding hydrogens is 110 g/mol. The Morgan fingerprint density at radius 2 is 2.57 bits per heavy atom. The second-order valence-electron chi connectivity index (χ2n) is 1.62. The fraction of sp³-hybridized carbons (Fsp3) is 0.600. The van der Waals surface area contributed by atoms with Crippen molar-refractivity contribution < 1.29 is 0 Å². The van der Waals surface area contributed by atoms with Crippen LogP contribution in [0.1, 0.15) is 6.42 Å². The number of nitrogens with one attached hydrogen (secondary N) is 1. The van der Waals surface area contributed by atoms with E-state index in [0.29, 0.717) is 0 Å². The summed E-state index contributed by atoms with van der Waals surface area (Å²) >= 11 is 5.69. The van der Waals surface area contributed by atoms with Crippen LogP contribution in [0.5, 0.6) is 0 Å². The van der Waals surface area contributed by atoms with Gasteiger partial charge in [-0.2, -0.15) is 0 Å². The molecule has 0 aromatic heterocycles. The maximum absolute atomic E-state index is 5.69. The molecule has 0 aliphatic carbocycles. The first-order valence-electron chi connectivity index (χ1n) is 2.44. The minimum atomic E-state index is 0.265. The molecule has 0 aromatic rings. The zero-order chi connectivity index (χ0) is 5.11. The molecule has 7 heavy (non-hydrogen) atoms. The topological polar surface area (TPSA) is 12.0 Å². The molecule has 1 unspecified atom stereocenters. The molecule has 1 atom stereocenters. The van der Waals surface area contributed by atoms with Crippen molar-refractivity contribution in [2.45, 2.75) is 11.8 Å². The summed E-state index contributed by atoms with van der Waals surface area (Å²) in [6.45, 7) is 1.02. The molecule has 1 heterocycles. The highest BCUT2D eigenvalue weighted by Gasteiger charge is 2.00. The van der Waals surface area contributed by atoms with Crippen LogP contribution < -0.4 is 5.32 Å². The highest BCUT2D eigenvalue weighted by atomic mass is 35.5. The fourth-order valence-electron chi connectivity index (χ4n) is 0.573. The Bertz CT molecular complexity index is 80.1. The van der Waals surface area contributed by atoms with Gasteiger partial charge in [0.05, 0.1) is 5.38 Å². The molecule has 0 bridgehead atoms. The van der Waals surface area contributed by atoms with E-state index in [1.165, 1.54) is 0 Å². The van der Waals surface area contributed by atoms with Gasteiger partial charge in [-0.15, -0.1) is 11.6 Å². The Labute approximate surface area is 48.4 Å². The molecule has 0 saturated heterocycles.